The van der Waals surface area contributed by atoms with Crippen LogP contribution in [0.25, 0.3) is 0 Å². The molecular formula is C14H17ClN4O2. The lowest BCUT2D eigenvalue weighted by Gasteiger charge is -2.15. The summed E-state index contributed by atoms with van der Waals surface area (Å²) < 4.78 is 5.00. The van der Waals surface area contributed by atoms with Crippen LogP contribution in [0.4, 0.5) is 0 Å². The van der Waals surface area contributed by atoms with Crippen molar-refractivity contribution in [1.29, 1.82) is 0 Å². The number of H-pyrrole nitrogens is 1. The van der Waals surface area contributed by atoms with Gasteiger partial charge in [-0.15, -0.1) is 0 Å². The summed E-state index contributed by atoms with van der Waals surface area (Å²) in [5.74, 6) is 2.06. The van der Waals surface area contributed by atoms with Crippen LogP contribution in [0.5, 0.6) is 0 Å². The van der Waals surface area contributed by atoms with E-state index < -0.39 is 0 Å². The van der Waals surface area contributed by atoms with E-state index in [4.69, 9.17) is 16.1 Å². The van der Waals surface area contributed by atoms with Gasteiger partial charge < -0.3 is 14.4 Å². The zero-order chi connectivity index (χ0) is 14.8. The number of carbonyl (C=O) groups is 1. The second kappa shape index (κ2) is 5.89. The molecular weight excluding hydrogens is 292 g/mol. The first-order chi connectivity index (χ1) is 10.1. The molecule has 0 aliphatic carbocycles. The van der Waals surface area contributed by atoms with E-state index >= 15 is 0 Å². The van der Waals surface area contributed by atoms with Crippen molar-refractivity contribution in [2.24, 2.45) is 0 Å². The van der Waals surface area contributed by atoms with Crippen LogP contribution in [0.15, 0.2) is 16.8 Å². The average Bonchev–Trinajstić information content (AvgIpc) is 3.16. The Bertz CT molecular complexity index is 636. The van der Waals surface area contributed by atoms with Crippen LogP contribution in [0.3, 0.4) is 0 Å². The molecule has 1 fully saturated rings. The predicted octanol–water partition coefficient (Wildman–Crippen LogP) is 2.31. The normalized spacial score (nSPS) is 18.4. The van der Waals surface area contributed by atoms with Gasteiger partial charge in [0.1, 0.15) is 11.6 Å². The molecule has 0 radical (unpaired) electrons. The SMILES string of the molecule is Cc1cnc([C@H]2CCN(C(=O)CCc3cc(Cl)no3)C2)[nH]1. The van der Waals surface area contributed by atoms with Crippen molar-refractivity contribution in [1.82, 2.24) is 20.0 Å². The lowest BCUT2D eigenvalue weighted by Crippen LogP contribution is -2.28. The summed E-state index contributed by atoms with van der Waals surface area (Å²) in [6.07, 6.45) is 3.72. The number of likely N-dealkylation sites (tertiary alicyclic amines) is 1. The third-order valence-corrected chi connectivity index (χ3v) is 3.94. The summed E-state index contributed by atoms with van der Waals surface area (Å²) >= 11 is 5.68. The van der Waals surface area contributed by atoms with Crippen LogP contribution >= 0.6 is 11.6 Å². The third kappa shape index (κ3) is 3.26. The summed E-state index contributed by atoms with van der Waals surface area (Å²) in [4.78, 5) is 21.7. The van der Waals surface area contributed by atoms with Gasteiger partial charge >= 0.3 is 0 Å². The smallest absolute Gasteiger partial charge is 0.223 e. The number of imidazole rings is 1. The zero-order valence-electron chi connectivity index (χ0n) is 11.8. The molecule has 2 aromatic heterocycles. The van der Waals surface area contributed by atoms with E-state index in [0.717, 1.165) is 31.0 Å². The van der Waals surface area contributed by atoms with Gasteiger partial charge in [-0.1, -0.05) is 16.8 Å². The molecule has 0 bridgehead atoms. The number of amides is 1. The first kappa shape index (κ1) is 14.1. The number of nitrogens with zero attached hydrogens (tertiary/aromatic N) is 3. The fraction of sp³-hybridized carbons (Fsp3) is 0.500. The molecule has 0 unspecified atom stereocenters. The molecule has 6 nitrogen and oxygen atoms in total. The van der Waals surface area contributed by atoms with Crippen molar-refractivity contribution >= 4 is 17.5 Å². The molecule has 1 amide bonds. The molecule has 1 atom stereocenters. The minimum atomic E-state index is 0.133. The van der Waals surface area contributed by atoms with E-state index in [2.05, 4.69) is 15.1 Å². The van der Waals surface area contributed by atoms with Crippen molar-refractivity contribution in [2.45, 2.75) is 32.1 Å². The first-order valence-electron chi connectivity index (χ1n) is 7.02. The molecule has 7 heteroatoms. The molecule has 0 saturated carbocycles. The molecule has 3 rings (SSSR count). The molecule has 2 aromatic rings. The van der Waals surface area contributed by atoms with Gasteiger partial charge in [0.05, 0.1) is 0 Å². The number of hydrogen-bond donors (Lipinski definition) is 1. The van der Waals surface area contributed by atoms with Crippen molar-refractivity contribution in [2.75, 3.05) is 13.1 Å². The summed E-state index contributed by atoms with van der Waals surface area (Å²) in [5, 5.41) is 3.93. The maximum Gasteiger partial charge on any atom is 0.223 e. The number of nitrogens with one attached hydrogen (secondary N) is 1. The van der Waals surface area contributed by atoms with Gasteiger partial charge in [0.2, 0.25) is 5.91 Å². The summed E-state index contributed by atoms with van der Waals surface area (Å²) in [6, 6.07) is 1.65. The Hall–Kier alpha value is -1.82. The van der Waals surface area contributed by atoms with Crippen molar-refractivity contribution in [3.8, 4) is 0 Å². The van der Waals surface area contributed by atoms with Gasteiger partial charge in [-0.3, -0.25) is 4.79 Å². The molecule has 1 aliphatic rings. The van der Waals surface area contributed by atoms with Crippen LogP contribution in [0.2, 0.25) is 5.15 Å². The second-order valence-electron chi connectivity index (χ2n) is 5.39. The predicted molar refractivity (Wildman–Crippen MR) is 77.1 cm³/mol. The summed E-state index contributed by atoms with van der Waals surface area (Å²) in [5.41, 5.74) is 1.05. The fourth-order valence-corrected chi connectivity index (χ4v) is 2.80. The number of halogens is 1. The molecule has 1 saturated heterocycles. The highest BCUT2D eigenvalue weighted by Gasteiger charge is 2.28. The first-order valence-corrected chi connectivity index (χ1v) is 7.40. The Morgan fingerprint density at radius 3 is 3.14 bits per heavy atom. The van der Waals surface area contributed by atoms with E-state index in [1.165, 1.54) is 0 Å². The topological polar surface area (TPSA) is 75.0 Å². The zero-order valence-corrected chi connectivity index (χ0v) is 12.6. The highest BCUT2D eigenvalue weighted by atomic mass is 35.5. The molecule has 3 heterocycles. The van der Waals surface area contributed by atoms with Crippen molar-refractivity contribution in [3.05, 3.63) is 34.7 Å². The van der Waals surface area contributed by atoms with Gasteiger partial charge in [-0.05, 0) is 13.3 Å². The fourth-order valence-electron chi connectivity index (χ4n) is 2.64. The lowest BCUT2D eigenvalue weighted by molar-refractivity contribution is -0.130. The Morgan fingerprint density at radius 2 is 2.48 bits per heavy atom. The quantitative estimate of drug-likeness (QED) is 0.940. The molecule has 1 N–H and O–H groups in total. The minimum absolute atomic E-state index is 0.133. The van der Waals surface area contributed by atoms with E-state index in [0.29, 0.717) is 29.7 Å². The second-order valence-corrected chi connectivity index (χ2v) is 5.78. The van der Waals surface area contributed by atoms with Crippen LogP contribution < -0.4 is 0 Å². The number of hydrogen-bond acceptors (Lipinski definition) is 4. The summed E-state index contributed by atoms with van der Waals surface area (Å²) in [7, 11) is 0. The van der Waals surface area contributed by atoms with Crippen LogP contribution in [-0.4, -0.2) is 39.0 Å². The van der Waals surface area contributed by atoms with Crippen molar-refractivity contribution < 1.29 is 9.32 Å². The van der Waals surface area contributed by atoms with Crippen LogP contribution in [-0.2, 0) is 11.2 Å². The molecule has 0 aromatic carbocycles. The van der Waals surface area contributed by atoms with E-state index in [1.54, 1.807) is 6.07 Å². The Kier molecular flexibility index (Phi) is 3.96. The Balaban J connectivity index is 1.52. The lowest BCUT2D eigenvalue weighted by atomic mass is 10.1. The maximum absolute atomic E-state index is 12.2. The Labute approximate surface area is 127 Å². The van der Waals surface area contributed by atoms with E-state index in [9.17, 15) is 4.79 Å². The van der Waals surface area contributed by atoms with Gasteiger partial charge in [0, 0.05) is 49.8 Å². The molecule has 21 heavy (non-hydrogen) atoms. The van der Waals surface area contributed by atoms with Gasteiger partial charge in [-0.25, -0.2) is 4.98 Å². The van der Waals surface area contributed by atoms with E-state index in [1.807, 2.05) is 18.0 Å². The highest BCUT2D eigenvalue weighted by molar-refractivity contribution is 6.29. The number of aromatic nitrogens is 3. The largest absolute Gasteiger partial charge is 0.360 e. The van der Waals surface area contributed by atoms with E-state index in [-0.39, 0.29) is 5.91 Å². The number of aryl methyl sites for hydroxylation is 2. The highest BCUT2D eigenvalue weighted by Crippen LogP contribution is 2.25. The van der Waals surface area contributed by atoms with Crippen LogP contribution in [0, 0.1) is 6.92 Å². The molecule has 1 aliphatic heterocycles. The maximum atomic E-state index is 12.2. The standard InChI is InChI=1S/C14H17ClN4O2/c1-9-7-16-14(17-9)10-4-5-19(8-10)13(20)3-2-11-6-12(15)18-21-11/h6-7,10H,2-5,8H2,1H3,(H,16,17)/t10-/m0/s1. The van der Waals surface area contributed by atoms with Gasteiger partial charge in [0.15, 0.2) is 5.15 Å². The van der Waals surface area contributed by atoms with Crippen LogP contribution in [0.1, 0.15) is 36.0 Å². The third-order valence-electron chi connectivity index (χ3n) is 3.77. The number of aromatic amines is 1. The average molecular weight is 309 g/mol. The molecule has 112 valence electrons. The van der Waals surface area contributed by atoms with Crippen molar-refractivity contribution in [3.63, 3.8) is 0 Å². The molecule has 0 spiro atoms. The monoisotopic (exact) mass is 308 g/mol. The summed E-state index contributed by atoms with van der Waals surface area (Å²) in [6.45, 7) is 3.49. The Morgan fingerprint density at radius 1 is 1.62 bits per heavy atom. The minimum Gasteiger partial charge on any atom is -0.360 e. The van der Waals surface area contributed by atoms with Gasteiger partial charge in [-0.2, -0.15) is 0 Å². The number of rotatable bonds is 4. The number of carbonyl (C=O) groups excluding carboxylic acids is 1. The van der Waals surface area contributed by atoms with Gasteiger partial charge in [0.25, 0.3) is 0 Å².